The Bertz CT molecular complexity index is 1260. The van der Waals surface area contributed by atoms with Gasteiger partial charge in [0.25, 0.3) is 0 Å². The number of likely N-dealkylation sites (N-methyl/N-ethyl adjacent to an activating group) is 1. The summed E-state index contributed by atoms with van der Waals surface area (Å²) in [4.78, 5) is 53.9. The lowest BCUT2D eigenvalue weighted by Gasteiger charge is -2.28. The van der Waals surface area contributed by atoms with Crippen LogP contribution in [0, 0.1) is 0 Å². The first-order chi connectivity index (χ1) is 21.3. The van der Waals surface area contributed by atoms with E-state index in [0.717, 1.165) is 12.8 Å². The Kier molecular flexibility index (Phi) is 19.0. The molecule has 0 radical (unpaired) electrons. The molecule has 0 aliphatic heterocycles. The quantitative estimate of drug-likeness (QED) is 0.127. The van der Waals surface area contributed by atoms with Crippen molar-refractivity contribution in [3.63, 3.8) is 0 Å². The van der Waals surface area contributed by atoms with E-state index in [9.17, 15) is 24.0 Å². The highest BCUT2D eigenvalue weighted by Crippen LogP contribution is 2.43. The molecule has 0 aliphatic carbocycles. The fraction of sp³-hybridized carbons (Fsp3) is 0.278. The zero-order chi connectivity index (χ0) is 32.6. The van der Waals surface area contributed by atoms with Gasteiger partial charge in [-0.1, -0.05) is 105 Å². The molecule has 0 spiro atoms. The Morgan fingerprint density at radius 1 is 0.568 bits per heavy atom. The van der Waals surface area contributed by atoms with Crippen LogP contribution in [0.5, 0.6) is 0 Å². The maximum absolute atomic E-state index is 12.6. The Balaban J connectivity index is 0.000000424. The number of rotatable bonds is 13. The number of benzene rings is 3. The lowest BCUT2D eigenvalue weighted by atomic mass is 10.2. The first-order valence-corrected chi connectivity index (χ1v) is 16.8. The van der Waals surface area contributed by atoms with Crippen molar-refractivity contribution in [1.29, 1.82) is 0 Å². The number of carbonyl (C=O) groups excluding carboxylic acids is 5. The molecular formula is C36H45N2O5P. The van der Waals surface area contributed by atoms with Gasteiger partial charge in [0.05, 0.1) is 0 Å². The Hall–Kier alpha value is -4.35. The number of aldehydes is 1. The van der Waals surface area contributed by atoms with E-state index in [1.165, 1.54) is 28.1 Å². The summed E-state index contributed by atoms with van der Waals surface area (Å²) >= 11 is 0. The van der Waals surface area contributed by atoms with E-state index in [1.807, 2.05) is 88.1 Å². The van der Waals surface area contributed by atoms with Gasteiger partial charge in [-0.3, -0.25) is 24.0 Å². The first kappa shape index (κ1) is 37.7. The molecule has 0 unspecified atom stereocenters. The van der Waals surface area contributed by atoms with Crippen molar-refractivity contribution in [3.05, 3.63) is 103 Å². The molecule has 0 saturated heterocycles. The summed E-state index contributed by atoms with van der Waals surface area (Å²) in [5, 5.41) is 9.05. The highest BCUT2D eigenvalue weighted by Gasteiger charge is 2.26. The van der Waals surface area contributed by atoms with Gasteiger partial charge in [0.15, 0.2) is 17.9 Å². The molecule has 0 aromatic heterocycles. The van der Waals surface area contributed by atoms with E-state index in [-0.39, 0.29) is 23.4 Å². The Morgan fingerprint density at radius 2 is 0.955 bits per heavy atom. The van der Waals surface area contributed by atoms with Gasteiger partial charge in [-0.25, -0.2) is 0 Å². The SMILES string of the molecule is CCCC(=O)/C=C/C(=O)NCC.CCCC(=O)C=O.CCNC(=O)C=P(c1ccccc1)(c1ccccc1)c1ccccc1. The molecule has 0 atom stereocenters. The Morgan fingerprint density at radius 3 is 1.30 bits per heavy atom. The monoisotopic (exact) mass is 616 g/mol. The van der Waals surface area contributed by atoms with Crippen LogP contribution >= 0.6 is 6.89 Å². The lowest BCUT2D eigenvalue weighted by Crippen LogP contribution is -2.32. The maximum Gasteiger partial charge on any atom is 0.245 e. The van der Waals surface area contributed by atoms with Crippen molar-refractivity contribution in [2.75, 3.05) is 13.1 Å². The number of amides is 2. The molecule has 2 amide bonds. The molecule has 3 rings (SSSR count). The van der Waals surface area contributed by atoms with E-state index in [4.69, 9.17) is 0 Å². The number of hydrogen-bond donors (Lipinski definition) is 2. The molecule has 0 fully saturated rings. The molecule has 44 heavy (non-hydrogen) atoms. The number of ketones is 2. The van der Waals surface area contributed by atoms with Gasteiger partial charge in [0.1, 0.15) is 0 Å². The number of nitrogens with one attached hydrogen (secondary N) is 2. The predicted octanol–water partition coefficient (Wildman–Crippen LogP) is 4.52. The third-order valence-electron chi connectivity index (χ3n) is 6.05. The van der Waals surface area contributed by atoms with E-state index in [0.29, 0.717) is 32.2 Å². The minimum Gasteiger partial charge on any atom is -0.353 e. The van der Waals surface area contributed by atoms with Crippen LogP contribution in [0.3, 0.4) is 0 Å². The fourth-order valence-corrected chi connectivity index (χ4v) is 7.80. The highest BCUT2D eigenvalue weighted by molar-refractivity contribution is 7.95. The standard InChI is InChI=1S/C22H22NOP.C9H15NO2.C5H8O2/c1-2-23-22(24)18-25(19-12-6-3-7-13-19,20-14-8-4-9-15-20)21-16-10-5-11-17-21;1-3-5-8(11)6-7-9(12)10-4-2;1-2-3-5(7)4-6/h3-18H,2H2,1H3,(H,23,24);6-7H,3-5H2,1-2H3,(H,10,12);4H,2-3H2,1H3/b;7-6+;. The maximum atomic E-state index is 12.6. The molecule has 2 N–H and O–H groups in total. The fourth-order valence-electron chi connectivity index (χ4n) is 4.09. The van der Waals surface area contributed by atoms with Crippen molar-refractivity contribution in [3.8, 4) is 0 Å². The highest BCUT2D eigenvalue weighted by atomic mass is 31.2. The second-order valence-corrected chi connectivity index (χ2v) is 12.8. The average molecular weight is 617 g/mol. The molecule has 3 aromatic carbocycles. The summed E-state index contributed by atoms with van der Waals surface area (Å²) in [5.74, 6) is 1.39. The normalized spacial score (nSPS) is 10.3. The van der Waals surface area contributed by atoms with Gasteiger partial charge in [-0.05, 0) is 55.6 Å². The van der Waals surface area contributed by atoms with Crippen LogP contribution in [0.2, 0.25) is 0 Å². The summed E-state index contributed by atoms with van der Waals surface area (Å²) in [6, 6.07) is 31.1. The van der Waals surface area contributed by atoms with Gasteiger partial charge in [-0.2, -0.15) is 0 Å². The van der Waals surface area contributed by atoms with Gasteiger partial charge in [0, 0.05) is 37.8 Å². The van der Waals surface area contributed by atoms with E-state index in [2.05, 4.69) is 47.0 Å². The summed E-state index contributed by atoms with van der Waals surface area (Å²) in [6.45, 7) is 6.60. The van der Waals surface area contributed by atoms with Crippen molar-refractivity contribution in [2.24, 2.45) is 0 Å². The number of Topliss-reactive ketones (excluding diaryl/α,β-unsaturated/α-hetero) is 1. The molecule has 7 nitrogen and oxygen atoms in total. The van der Waals surface area contributed by atoms with Crippen LogP contribution in [-0.4, -0.2) is 48.6 Å². The molecular weight excluding hydrogens is 571 g/mol. The van der Waals surface area contributed by atoms with Crippen LogP contribution in [0.15, 0.2) is 103 Å². The third-order valence-corrected chi connectivity index (χ3v) is 10.0. The molecule has 234 valence electrons. The molecule has 0 heterocycles. The van der Waals surface area contributed by atoms with Crippen LogP contribution in [0.4, 0.5) is 0 Å². The van der Waals surface area contributed by atoms with Crippen molar-refractivity contribution < 1.29 is 24.0 Å². The van der Waals surface area contributed by atoms with Gasteiger partial charge in [-0.15, -0.1) is 0 Å². The molecule has 3 aromatic rings. The summed E-state index contributed by atoms with van der Waals surface area (Å²) in [7, 11) is 0. The van der Waals surface area contributed by atoms with Crippen LogP contribution < -0.4 is 26.5 Å². The topological polar surface area (TPSA) is 109 Å². The van der Waals surface area contributed by atoms with Gasteiger partial charge >= 0.3 is 0 Å². The van der Waals surface area contributed by atoms with E-state index < -0.39 is 6.89 Å². The first-order valence-electron chi connectivity index (χ1n) is 14.9. The number of hydrogen-bond acceptors (Lipinski definition) is 5. The van der Waals surface area contributed by atoms with Crippen LogP contribution in [0.1, 0.15) is 53.4 Å². The van der Waals surface area contributed by atoms with Crippen LogP contribution in [-0.2, 0) is 24.0 Å². The van der Waals surface area contributed by atoms with Crippen molar-refractivity contribution in [1.82, 2.24) is 10.6 Å². The summed E-state index contributed by atoms with van der Waals surface area (Å²) in [6.07, 6.45) is 5.45. The lowest BCUT2D eigenvalue weighted by molar-refractivity contribution is -0.129. The van der Waals surface area contributed by atoms with Gasteiger partial charge in [0.2, 0.25) is 11.8 Å². The number of allylic oxidation sites excluding steroid dienone is 1. The zero-order valence-corrected chi connectivity index (χ0v) is 27.1. The average Bonchev–Trinajstić information content (AvgIpc) is 3.05. The van der Waals surface area contributed by atoms with Crippen molar-refractivity contribution in [2.45, 2.75) is 53.4 Å². The van der Waals surface area contributed by atoms with Gasteiger partial charge < -0.3 is 10.6 Å². The predicted molar refractivity (Wildman–Crippen MR) is 184 cm³/mol. The largest absolute Gasteiger partial charge is 0.353 e. The number of carbonyl (C=O) groups is 5. The Labute approximate surface area is 262 Å². The minimum absolute atomic E-state index is 0.00348. The van der Waals surface area contributed by atoms with Crippen LogP contribution in [0.25, 0.3) is 0 Å². The smallest absolute Gasteiger partial charge is 0.245 e. The molecule has 0 aliphatic rings. The third kappa shape index (κ3) is 13.3. The second-order valence-electron chi connectivity index (χ2n) is 9.53. The minimum atomic E-state index is -2.18. The summed E-state index contributed by atoms with van der Waals surface area (Å²) < 4.78 is 0. The second kappa shape index (κ2) is 22.2. The van der Waals surface area contributed by atoms with E-state index >= 15 is 0 Å². The van der Waals surface area contributed by atoms with E-state index in [1.54, 1.807) is 0 Å². The van der Waals surface area contributed by atoms with Crippen molar-refractivity contribution >= 4 is 58.3 Å². The molecule has 8 heteroatoms. The zero-order valence-electron chi connectivity index (χ0n) is 26.2. The summed E-state index contributed by atoms with van der Waals surface area (Å²) in [5.41, 5.74) is 0. The molecule has 0 bridgehead atoms. The molecule has 0 saturated carbocycles.